The first-order chi connectivity index (χ1) is 18.6. The lowest BCUT2D eigenvalue weighted by molar-refractivity contribution is -0.322. The van der Waals surface area contributed by atoms with Gasteiger partial charge < -0.3 is 23.5 Å². The number of fused-ring (bicyclic) bond motifs is 3. The molecule has 7 heteroatoms. The van der Waals surface area contributed by atoms with Gasteiger partial charge in [0, 0.05) is 23.6 Å². The van der Waals surface area contributed by atoms with Gasteiger partial charge in [0.1, 0.15) is 12.3 Å². The summed E-state index contributed by atoms with van der Waals surface area (Å²) in [5.41, 5.74) is 0.182. The van der Waals surface area contributed by atoms with E-state index >= 15 is 0 Å². The number of hydrogen-bond donors (Lipinski definition) is 0. The van der Waals surface area contributed by atoms with E-state index in [-0.39, 0.29) is 40.7 Å². The van der Waals surface area contributed by atoms with E-state index in [2.05, 4.69) is 27.7 Å². The van der Waals surface area contributed by atoms with E-state index in [0.29, 0.717) is 36.7 Å². The molecule has 218 valence electrons. The Balaban J connectivity index is 1.25. The van der Waals surface area contributed by atoms with Crippen LogP contribution in [0.4, 0.5) is 0 Å². The molecule has 0 N–H and O–H groups in total. The Morgan fingerprint density at radius 2 is 1.85 bits per heavy atom. The largest absolute Gasteiger partial charge is 0.493 e. The smallest absolute Gasteiger partial charge is 0.326 e. The molecule has 3 aliphatic carbocycles. The van der Waals surface area contributed by atoms with Crippen molar-refractivity contribution < 1.29 is 23.7 Å². The standard InChI is InChI=1S/C32H49NO6/c1-6-36-28(35)20-33-17-13-23(19-27(33)34)37-18-14-24-30(2,3)15-11-25-31(24,4)16-12-26-32(25,5)21-38-29(39-26)22-9-7-8-10-22/h13,17,19,22,24-26,29H,6-12,14-16,18,20-21H2,1-5H3/t24-,25?,26-,29-,31+,32+/m1/s1. The fourth-order valence-electron chi connectivity index (χ4n) is 9.01. The zero-order chi connectivity index (χ0) is 27.8. The molecule has 0 spiro atoms. The van der Waals surface area contributed by atoms with E-state index in [1.807, 2.05) is 0 Å². The second-order valence-electron chi connectivity index (χ2n) is 13.8. The number of carbonyl (C=O) groups excluding carboxylic acids is 1. The van der Waals surface area contributed by atoms with E-state index in [4.69, 9.17) is 18.9 Å². The summed E-state index contributed by atoms with van der Waals surface area (Å²) in [6.45, 7) is 13.1. The van der Waals surface area contributed by atoms with Crippen molar-refractivity contribution in [3.63, 3.8) is 0 Å². The van der Waals surface area contributed by atoms with E-state index in [1.165, 1.54) is 55.6 Å². The Bertz CT molecular complexity index is 1080. The highest BCUT2D eigenvalue weighted by Crippen LogP contribution is 2.66. The number of rotatable bonds is 8. The fourth-order valence-corrected chi connectivity index (χ4v) is 9.01. The van der Waals surface area contributed by atoms with Crippen molar-refractivity contribution in [2.75, 3.05) is 19.8 Å². The minimum atomic E-state index is -0.415. The summed E-state index contributed by atoms with van der Waals surface area (Å²) >= 11 is 0. The summed E-state index contributed by atoms with van der Waals surface area (Å²) in [5, 5.41) is 0. The van der Waals surface area contributed by atoms with Gasteiger partial charge >= 0.3 is 5.97 Å². The molecule has 1 unspecified atom stereocenters. The quantitative estimate of drug-likeness (QED) is 0.376. The number of ether oxygens (including phenoxy) is 4. The zero-order valence-electron chi connectivity index (χ0n) is 24.7. The van der Waals surface area contributed by atoms with Gasteiger partial charge in [0.25, 0.3) is 5.56 Å². The van der Waals surface area contributed by atoms with Crippen LogP contribution >= 0.6 is 0 Å². The van der Waals surface area contributed by atoms with Gasteiger partial charge in [0.15, 0.2) is 6.29 Å². The topological polar surface area (TPSA) is 76.0 Å². The second-order valence-corrected chi connectivity index (χ2v) is 13.8. The summed E-state index contributed by atoms with van der Waals surface area (Å²) < 4.78 is 25.7. The highest BCUT2D eigenvalue weighted by atomic mass is 16.7. The molecule has 4 fully saturated rings. The van der Waals surface area contributed by atoms with E-state index < -0.39 is 5.97 Å². The third-order valence-electron chi connectivity index (χ3n) is 11.0. The molecule has 1 aromatic rings. The maximum atomic E-state index is 12.5. The summed E-state index contributed by atoms with van der Waals surface area (Å²) in [7, 11) is 0. The summed E-state index contributed by atoms with van der Waals surface area (Å²) in [5.74, 6) is 1.77. The van der Waals surface area contributed by atoms with Crippen LogP contribution in [-0.4, -0.2) is 42.8 Å². The predicted molar refractivity (Wildman–Crippen MR) is 149 cm³/mol. The van der Waals surface area contributed by atoms with Crippen LogP contribution in [0.5, 0.6) is 5.75 Å². The van der Waals surface area contributed by atoms with Gasteiger partial charge in [-0.15, -0.1) is 0 Å². The highest BCUT2D eigenvalue weighted by Gasteiger charge is 2.62. The Morgan fingerprint density at radius 3 is 2.56 bits per heavy atom. The second kappa shape index (κ2) is 11.2. The van der Waals surface area contributed by atoms with Crippen LogP contribution in [0.1, 0.15) is 92.4 Å². The predicted octanol–water partition coefficient (Wildman–Crippen LogP) is 5.97. The van der Waals surface area contributed by atoms with Crippen molar-refractivity contribution in [2.45, 2.75) is 111 Å². The van der Waals surface area contributed by atoms with Crippen LogP contribution in [0.3, 0.4) is 0 Å². The summed E-state index contributed by atoms with van der Waals surface area (Å²) in [6, 6.07) is 3.24. The zero-order valence-corrected chi connectivity index (χ0v) is 24.7. The van der Waals surface area contributed by atoms with Crippen LogP contribution in [0.25, 0.3) is 0 Å². The van der Waals surface area contributed by atoms with Crippen LogP contribution < -0.4 is 10.3 Å². The molecule has 0 aromatic carbocycles. The first kappa shape index (κ1) is 28.7. The van der Waals surface area contributed by atoms with Gasteiger partial charge in [-0.25, -0.2) is 0 Å². The molecule has 0 amide bonds. The van der Waals surface area contributed by atoms with Gasteiger partial charge in [0.05, 0.1) is 25.9 Å². The van der Waals surface area contributed by atoms with Crippen molar-refractivity contribution in [1.82, 2.24) is 4.57 Å². The number of nitrogens with zero attached hydrogens (tertiary/aromatic N) is 1. The Kier molecular flexibility index (Phi) is 8.23. The van der Waals surface area contributed by atoms with Crippen molar-refractivity contribution in [3.8, 4) is 5.75 Å². The minimum Gasteiger partial charge on any atom is -0.493 e. The lowest BCUT2D eigenvalue weighted by atomic mass is 9.42. The molecule has 7 nitrogen and oxygen atoms in total. The average Bonchev–Trinajstić information content (AvgIpc) is 3.42. The molecule has 2 heterocycles. The maximum Gasteiger partial charge on any atom is 0.326 e. The molecule has 1 aromatic heterocycles. The number of aromatic nitrogens is 1. The number of hydrogen-bond acceptors (Lipinski definition) is 6. The van der Waals surface area contributed by atoms with Crippen molar-refractivity contribution in [3.05, 3.63) is 28.7 Å². The molecule has 3 saturated carbocycles. The van der Waals surface area contributed by atoms with Gasteiger partial charge in [0.2, 0.25) is 0 Å². The molecular weight excluding hydrogens is 494 g/mol. The van der Waals surface area contributed by atoms with Crippen molar-refractivity contribution in [1.29, 1.82) is 0 Å². The van der Waals surface area contributed by atoms with Gasteiger partial charge in [-0.05, 0) is 80.6 Å². The number of carbonyl (C=O) groups is 1. The number of esters is 1. The Labute approximate surface area is 233 Å². The molecule has 1 aliphatic heterocycles. The molecule has 0 bridgehead atoms. The van der Waals surface area contributed by atoms with Gasteiger partial charge in [-0.3, -0.25) is 9.59 Å². The molecule has 0 radical (unpaired) electrons. The lowest BCUT2D eigenvalue weighted by Gasteiger charge is -2.65. The first-order valence-electron chi connectivity index (χ1n) is 15.3. The van der Waals surface area contributed by atoms with E-state index in [1.54, 1.807) is 19.2 Å². The van der Waals surface area contributed by atoms with E-state index in [0.717, 1.165) is 19.4 Å². The van der Waals surface area contributed by atoms with E-state index in [9.17, 15) is 9.59 Å². The highest BCUT2D eigenvalue weighted by molar-refractivity contribution is 5.69. The summed E-state index contributed by atoms with van der Waals surface area (Å²) in [4.78, 5) is 24.3. The fraction of sp³-hybridized carbons (Fsp3) is 0.812. The molecule has 39 heavy (non-hydrogen) atoms. The monoisotopic (exact) mass is 543 g/mol. The third kappa shape index (κ3) is 5.55. The SMILES string of the molecule is CCOC(=O)Cn1ccc(OCC[C@@H]2C(C)(C)CCC3[C@]4(C)CO[C@@H](C5CCCC5)O[C@@H]4CC[C@]32C)cc1=O. The van der Waals surface area contributed by atoms with Crippen molar-refractivity contribution >= 4 is 5.97 Å². The van der Waals surface area contributed by atoms with Crippen LogP contribution in [0, 0.1) is 34.0 Å². The van der Waals surface area contributed by atoms with Crippen LogP contribution in [0.15, 0.2) is 23.1 Å². The molecule has 5 rings (SSSR count). The van der Waals surface area contributed by atoms with Crippen LogP contribution in [-0.2, 0) is 25.5 Å². The Hall–Kier alpha value is -1.86. The first-order valence-corrected chi connectivity index (χ1v) is 15.3. The molecule has 1 saturated heterocycles. The van der Waals surface area contributed by atoms with Gasteiger partial charge in [-0.2, -0.15) is 0 Å². The maximum absolute atomic E-state index is 12.5. The molecule has 4 aliphatic rings. The number of pyridine rings is 1. The normalized spacial score (nSPS) is 36.1. The van der Waals surface area contributed by atoms with Crippen LogP contribution in [0.2, 0.25) is 0 Å². The average molecular weight is 544 g/mol. The summed E-state index contributed by atoms with van der Waals surface area (Å²) in [6.07, 6.45) is 12.6. The minimum absolute atomic E-state index is 0.00749. The third-order valence-corrected chi connectivity index (χ3v) is 11.0. The van der Waals surface area contributed by atoms with Gasteiger partial charge in [-0.1, -0.05) is 40.5 Å². The molecule has 6 atom stereocenters. The lowest BCUT2D eigenvalue weighted by Crippen LogP contribution is -2.63. The molecular formula is C32H49NO6. The Morgan fingerprint density at radius 1 is 1.08 bits per heavy atom. The van der Waals surface area contributed by atoms with Crippen molar-refractivity contribution in [2.24, 2.45) is 34.0 Å².